The summed E-state index contributed by atoms with van der Waals surface area (Å²) in [4.78, 5) is 2.37. The number of nitriles is 1. The molecule has 19 heavy (non-hydrogen) atoms. The van der Waals surface area contributed by atoms with Crippen molar-refractivity contribution < 1.29 is 0 Å². The molecule has 2 rings (SSSR count). The first kappa shape index (κ1) is 13.7. The summed E-state index contributed by atoms with van der Waals surface area (Å²) in [6, 6.07) is 7.86. The molecule has 0 aliphatic carbocycles. The Morgan fingerprint density at radius 2 is 1.89 bits per heavy atom. The average Bonchev–Trinajstić information content (AvgIpc) is 2.38. The van der Waals surface area contributed by atoms with Crippen molar-refractivity contribution in [3.8, 4) is 6.07 Å². The normalized spacial score (nSPS) is 17.3. The lowest BCUT2D eigenvalue weighted by atomic mass is 9.75. The summed E-state index contributed by atoms with van der Waals surface area (Å²) in [7, 11) is 0. The van der Waals surface area contributed by atoms with E-state index in [1.165, 1.54) is 12.8 Å². The minimum atomic E-state index is 0.399. The molecule has 0 atom stereocenters. The molecule has 1 fully saturated rings. The van der Waals surface area contributed by atoms with Crippen LogP contribution in [0.5, 0.6) is 0 Å². The third kappa shape index (κ3) is 3.01. The summed E-state index contributed by atoms with van der Waals surface area (Å²) >= 11 is 0. The van der Waals surface area contributed by atoms with Crippen LogP contribution in [-0.2, 0) is 0 Å². The van der Waals surface area contributed by atoms with Gasteiger partial charge in [-0.25, -0.2) is 0 Å². The highest BCUT2D eigenvalue weighted by Crippen LogP contribution is 2.35. The van der Waals surface area contributed by atoms with E-state index in [0.29, 0.717) is 16.7 Å². The van der Waals surface area contributed by atoms with Crippen LogP contribution in [0.15, 0.2) is 18.2 Å². The number of anilines is 2. The largest absolute Gasteiger partial charge is 0.398 e. The molecule has 1 saturated heterocycles. The van der Waals surface area contributed by atoms with Gasteiger partial charge in [0.2, 0.25) is 0 Å². The summed E-state index contributed by atoms with van der Waals surface area (Å²) in [5.74, 6) is 0.791. The molecule has 1 aromatic carbocycles. The van der Waals surface area contributed by atoms with Gasteiger partial charge in [-0.3, -0.25) is 0 Å². The number of benzene rings is 1. The molecule has 1 aromatic rings. The van der Waals surface area contributed by atoms with Gasteiger partial charge in [-0.2, -0.15) is 5.26 Å². The minimum absolute atomic E-state index is 0.399. The molecule has 1 heterocycles. The maximum atomic E-state index is 8.90. The second-order valence-electron chi connectivity index (χ2n) is 6.51. The van der Waals surface area contributed by atoms with Crippen LogP contribution in [0.1, 0.15) is 39.2 Å². The second kappa shape index (κ2) is 5.13. The molecule has 102 valence electrons. The molecule has 1 aliphatic rings. The molecule has 2 N–H and O–H groups in total. The molecular formula is C16H23N3. The Bertz CT molecular complexity index is 486. The zero-order valence-corrected chi connectivity index (χ0v) is 12.1. The number of nitrogen functional groups attached to an aromatic ring is 1. The molecule has 0 spiro atoms. The number of nitrogens with zero attached hydrogens (tertiary/aromatic N) is 2. The predicted molar refractivity (Wildman–Crippen MR) is 80.0 cm³/mol. The van der Waals surface area contributed by atoms with Crippen LogP contribution < -0.4 is 10.6 Å². The summed E-state index contributed by atoms with van der Waals surface area (Å²) in [5, 5.41) is 8.90. The first-order valence-corrected chi connectivity index (χ1v) is 6.96. The average molecular weight is 257 g/mol. The standard InChI is InChI=1S/C16H23N3/c1-16(2,3)13-6-8-19(9-7-13)14-5-4-12(11-17)15(18)10-14/h4-5,10,13H,6-9,18H2,1-3H3. The zero-order chi connectivity index (χ0) is 14.0. The molecule has 1 aliphatic heterocycles. The quantitative estimate of drug-likeness (QED) is 0.784. The Morgan fingerprint density at radius 3 is 2.37 bits per heavy atom. The number of hydrogen-bond donors (Lipinski definition) is 1. The van der Waals surface area contributed by atoms with Crippen LogP contribution in [0.4, 0.5) is 11.4 Å². The minimum Gasteiger partial charge on any atom is -0.398 e. The van der Waals surface area contributed by atoms with Crippen LogP contribution in [0.25, 0.3) is 0 Å². The van der Waals surface area contributed by atoms with Gasteiger partial charge < -0.3 is 10.6 Å². The Labute approximate surface area is 116 Å². The van der Waals surface area contributed by atoms with Gasteiger partial charge >= 0.3 is 0 Å². The van der Waals surface area contributed by atoms with E-state index in [0.717, 1.165) is 24.7 Å². The van der Waals surface area contributed by atoms with Crippen molar-refractivity contribution in [2.75, 3.05) is 23.7 Å². The van der Waals surface area contributed by atoms with Crippen LogP contribution >= 0.6 is 0 Å². The molecule has 3 heteroatoms. The van der Waals surface area contributed by atoms with E-state index in [2.05, 4.69) is 31.7 Å². The van der Waals surface area contributed by atoms with E-state index >= 15 is 0 Å². The van der Waals surface area contributed by atoms with Gasteiger partial charge in [-0.1, -0.05) is 20.8 Å². The highest BCUT2D eigenvalue weighted by molar-refractivity contribution is 5.63. The fraction of sp³-hybridized carbons (Fsp3) is 0.562. The molecule has 3 nitrogen and oxygen atoms in total. The first-order chi connectivity index (χ1) is 8.91. The van der Waals surface area contributed by atoms with Crippen molar-refractivity contribution in [1.29, 1.82) is 5.26 Å². The number of hydrogen-bond acceptors (Lipinski definition) is 3. The van der Waals surface area contributed by atoms with E-state index in [4.69, 9.17) is 11.0 Å². The fourth-order valence-electron chi connectivity index (χ4n) is 2.85. The van der Waals surface area contributed by atoms with Gasteiger partial charge in [-0.05, 0) is 42.4 Å². The molecule has 0 bridgehead atoms. The maximum absolute atomic E-state index is 8.90. The Balaban J connectivity index is 2.06. The Kier molecular flexibility index (Phi) is 3.71. The van der Waals surface area contributed by atoms with E-state index in [-0.39, 0.29) is 0 Å². The van der Waals surface area contributed by atoms with Crippen LogP contribution in [0.2, 0.25) is 0 Å². The third-order valence-electron chi connectivity index (χ3n) is 4.24. The van der Waals surface area contributed by atoms with Crippen LogP contribution in [0, 0.1) is 22.7 Å². The van der Waals surface area contributed by atoms with Crippen LogP contribution in [0.3, 0.4) is 0 Å². The monoisotopic (exact) mass is 257 g/mol. The summed E-state index contributed by atoms with van der Waals surface area (Å²) in [6.07, 6.45) is 2.45. The van der Waals surface area contributed by atoms with Crippen molar-refractivity contribution in [3.63, 3.8) is 0 Å². The molecule has 0 aromatic heterocycles. The lowest BCUT2D eigenvalue weighted by molar-refractivity contribution is 0.199. The SMILES string of the molecule is CC(C)(C)C1CCN(c2ccc(C#N)c(N)c2)CC1. The van der Waals surface area contributed by atoms with Crippen molar-refractivity contribution in [3.05, 3.63) is 23.8 Å². The smallest absolute Gasteiger partial charge is 0.101 e. The zero-order valence-electron chi connectivity index (χ0n) is 12.1. The maximum Gasteiger partial charge on any atom is 0.101 e. The number of piperidine rings is 1. The lowest BCUT2D eigenvalue weighted by Crippen LogP contribution is -2.38. The van der Waals surface area contributed by atoms with E-state index in [1.54, 1.807) is 0 Å². The Hall–Kier alpha value is -1.69. The van der Waals surface area contributed by atoms with Gasteiger partial charge in [-0.15, -0.1) is 0 Å². The molecular weight excluding hydrogens is 234 g/mol. The lowest BCUT2D eigenvalue weighted by Gasteiger charge is -2.39. The van der Waals surface area contributed by atoms with Gasteiger partial charge in [0.15, 0.2) is 0 Å². The highest BCUT2D eigenvalue weighted by Gasteiger charge is 2.28. The van der Waals surface area contributed by atoms with Gasteiger partial charge in [0.05, 0.1) is 11.3 Å². The summed E-state index contributed by atoms with van der Waals surface area (Å²) in [6.45, 7) is 9.13. The van der Waals surface area contributed by atoms with Gasteiger partial charge in [0.1, 0.15) is 6.07 Å². The topological polar surface area (TPSA) is 53.0 Å². The predicted octanol–water partition coefficient (Wildman–Crippen LogP) is 3.40. The van der Waals surface area contributed by atoms with Gasteiger partial charge in [0, 0.05) is 18.8 Å². The summed E-state index contributed by atoms with van der Waals surface area (Å²) < 4.78 is 0. The Morgan fingerprint density at radius 1 is 1.26 bits per heavy atom. The molecule has 0 radical (unpaired) electrons. The van der Waals surface area contributed by atoms with Gasteiger partial charge in [0.25, 0.3) is 0 Å². The van der Waals surface area contributed by atoms with E-state index in [9.17, 15) is 0 Å². The van der Waals surface area contributed by atoms with Crippen LogP contribution in [-0.4, -0.2) is 13.1 Å². The number of nitrogens with two attached hydrogens (primary N) is 1. The van der Waals surface area contributed by atoms with Crippen molar-refractivity contribution in [2.45, 2.75) is 33.6 Å². The molecule has 0 saturated carbocycles. The van der Waals surface area contributed by atoms with Crippen molar-refractivity contribution in [1.82, 2.24) is 0 Å². The van der Waals surface area contributed by atoms with Crippen molar-refractivity contribution >= 4 is 11.4 Å². The third-order valence-corrected chi connectivity index (χ3v) is 4.24. The van der Waals surface area contributed by atoms with E-state index < -0.39 is 0 Å². The first-order valence-electron chi connectivity index (χ1n) is 6.96. The van der Waals surface area contributed by atoms with Crippen molar-refractivity contribution in [2.24, 2.45) is 11.3 Å². The fourth-order valence-corrected chi connectivity index (χ4v) is 2.85. The molecule has 0 amide bonds. The second-order valence-corrected chi connectivity index (χ2v) is 6.51. The molecule has 0 unspecified atom stereocenters. The summed E-state index contributed by atoms with van der Waals surface area (Å²) in [5.41, 5.74) is 8.57. The number of rotatable bonds is 1. The van der Waals surface area contributed by atoms with E-state index in [1.807, 2.05) is 18.2 Å². The highest BCUT2D eigenvalue weighted by atomic mass is 15.1.